The highest BCUT2D eigenvalue weighted by Crippen LogP contribution is 2.15. The van der Waals surface area contributed by atoms with Crippen molar-refractivity contribution in [1.29, 1.82) is 0 Å². The van der Waals surface area contributed by atoms with Crippen LogP contribution >= 0.6 is 0 Å². The van der Waals surface area contributed by atoms with Crippen molar-refractivity contribution in [3.05, 3.63) is 34.7 Å². The van der Waals surface area contributed by atoms with E-state index in [0.717, 1.165) is 57.4 Å². The first-order valence-corrected chi connectivity index (χ1v) is 8.89. The van der Waals surface area contributed by atoms with Crippen LogP contribution in [0.5, 0.6) is 0 Å². The first-order chi connectivity index (χ1) is 11.2. The van der Waals surface area contributed by atoms with Gasteiger partial charge in [0, 0.05) is 45.0 Å². The first-order valence-electron chi connectivity index (χ1n) is 8.89. The second-order valence-electron chi connectivity index (χ2n) is 6.34. The van der Waals surface area contributed by atoms with Crippen LogP contribution in [-0.4, -0.2) is 41.6 Å². The normalized spacial score (nSPS) is 16.6. The molecule has 1 aliphatic rings. The fraction of sp³-hybridized carbons (Fsp3) is 0.667. The maximum atomic E-state index is 11.6. The molecule has 0 aliphatic carbocycles. The summed E-state index contributed by atoms with van der Waals surface area (Å²) in [7, 11) is 0. The average molecular weight is 318 g/mol. The standard InChI is InChI=1S/C18H30N4O/c1-3-19-18(22-14-9-16(2)10-15-22)20-11-5-7-13-21-12-6-4-8-17(21)23/h4,6,8,12,16H,3,5,7,9-11,13-15H2,1-2H3,(H,19,20). The number of unbranched alkanes of at least 4 members (excludes halogenated alkanes) is 1. The van der Waals surface area contributed by atoms with Crippen LogP contribution in [0.15, 0.2) is 34.2 Å². The van der Waals surface area contributed by atoms with E-state index in [9.17, 15) is 4.79 Å². The molecule has 1 aromatic rings. The molecule has 0 atom stereocenters. The molecule has 2 rings (SSSR count). The average Bonchev–Trinajstić information content (AvgIpc) is 2.56. The number of hydrogen-bond acceptors (Lipinski definition) is 2. The Kier molecular flexibility index (Phi) is 7.17. The molecule has 1 fully saturated rings. The summed E-state index contributed by atoms with van der Waals surface area (Å²) < 4.78 is 1.76. The smallest absolute Gasteiger partial charge is 0.250 e. The molecule has 1 aromatic heterocycles. The van der Waals surface area contributed by atoms with Crippen molar-refractivity contribution in [3.8, 4) is 0 Å². The predicted octanol–water partition coefficient (Wildman–Crippen LogP) is 2.33. The van der Waals surface area contributed by atoms with Gasteiger partial charge >= 0.3 is 0 Å². The summed E-state index contributed by atoms with van der Waals surface area (Å²) in [4.78, 5) is 18.8. The predicted molar refractivity (Wildman–Crippen MR) is 95.9 cm³/mol. The number of rotatable bonds is 6. The van der Waals surface area contributed by atoms with E-state index in [1.54, 1.807) is 16.7 Å². The summed E-state index contributed by atoms with van der Waals surface area (Å²) in [6.45, 7) is 9.14. The van der Waals surface area contributed by atoms with Gasteiger partial charge in [0.2, 0.25) is 5.56 Å². The van der Waals surface area contributed by atoms with Crippen LogP contribution < -0.4 is 10.9 Å². The second-order valence-corrected chi connectivity index (χ2v) is 6.34. The summed E-state index contributed by atoms with van der Waals surface area (Å²) in [5.74, 6) is 1.88. The third-order valence-electron chi connectivity index (χ3n) is 4.39. The lowest BCUT2D eigenvalue weighted by Gasteiger charge is -2.33. The number of nitrogens with zero attached hydrogens (tertiary/aromatic N) is 3. The molecule has 1 saturated heterocycles. The van der Waals surface area contributed by atoms with Gasteiger partial charge in [-0.3, -0.25) is 9.79 Å². The highest BCUT2D eigenvalue weighted by molar-refractivity contribution is 5.80. The summed E-state index contributed by atoms with van der Waals surface area (Å²) in [5.41, 5.74) is 0.0757. The minimum absolute atomic E-state index is 0.0757. The minimum atomic E-state index is 0.0757. The summed E-state index contributed by atoms with van der Waals surface area (Å²) in [5, 5.41) is 3.41. The quantitative estimate of drug-likeness (QED) is 0.497. The molecule has 0 bridgehead atoms. The Balaban J connectivity index is 1.77. The molecule has 0 spiro atoms. The van der Waals surface area contributed by atoms with E-state index in [0.29, 0.717) is 0 Å². The number of aryl methyl sites for hydroxylation is 1. The summed E-state index contributed by atoms with van der Waals surface area (Å²) >= 11 is 0. The highest BCUT2D eigenvalue weighted by Gasteiger charge is 2.18. The van der Waals surface area contributed by atoms with Crippen LogP contribution in [0.25, 0.3) is 0 Å². The Morgan fingerprint density at radius 2 is 2.09 bits per heavy atom. The number of aliphatic imine (C=N–C) groups is 1. The molecule has 0 amide bonds. The van der Waals surface area contributed by atoms with E-state index >= 15 is 0 Å². The Labute approximate surface area is 139 Å². The monoisotopic (exact) mass is 318 g/mol. The lowest BCUT2D eigenvalue weighted by atomic mass is 10.00. The zero-order chi connectivity index (χ0) is 16.5. The number of hydrogen-bond donors (Lipinski definition) is 1. The maximum absolute atomic E-state index is 11.6. The van der Waals surface area contributed by atoms with E-state index < -0.39 is 0 Å². The van der Waals surface area contributed by atoms with Crippen molar-refractivity contribution in [2.24, 2.45) is 10.9 Å². The van der Waals surface area contributed by atoms with Crippen molar-refractivity contribution >= 4 is 5.96 Å². The zero-order valence-corrected chi connectivity index (χ0v) is 14.5. The fourth-order valence-corrected chi connectivity index (χ4v) is 2.87. The van der Waals surface area contributed by atoms with Gasteiger partial charge < -0.3 is 14.8 Å². The van der Waals surface area contributed by atoms with E-state index in [4.69, 9.17) is 4.99 Å². The largest absolute Gasteiger partial charge is 0.357 e. The third kappa shape index (κ3) is 5.73. The number of aromatic nitrogens is 1. The van der Waals surface area contributed by atoms with Gasteiger partial charge in [-0.2, -0.15) is 0 Å². The van der Waals surface area contributed by atoms with Crippen LogP contribution in [0.2, 0.25) is 0 Å². The lowest BCUT2D eigenvalue weighted by molar-refractivity contribution is 0.273. The van der Waals surface area contributed by atoms with Gasteiger partial charge in [-0.15, -0.1) is 0 Å². The molecular formula is C18H30N4O. The number of pyridine rings is 1. The summed E-state index contributed by atoms with van der Waals surface area (Å²) in [6, 6.07) is 5.30. The van der Waals surface area contributed by atoms with Gasteiger partial charge in [0.25, 0.3) is 0 Å². The van der Waals surface area contributed by atoms with E-state index in [-0.39, 0.29) is 5.56 Å². The SMILES string of the molecule is CCNC(=NCCCCn1ccccc1=O)N1CCC(C)CC1. The molecule has 0 unspecified atom stereocenters. The van der Waals surface area contributed by atoms with Gasteiger partial charge in [-0.1, -0.05) is 13.0 Å². The lowest BCUT2D eigenvalue weighted by Crippen LogP contribution is -2.45. The number of guanidine groups is 1. The van der Waals surface area contributed by atoms with Crippen molar-refractivity contribution in [3.63, 3.8) is 0 Å². The van der Waals surface area contributed by atoms with E-state index in [2.05, 4.69) is 24.1 Å². The molecule has 1 N–H and O–H groups in total. The van der Waals surface area contributed by atoms with Crippen molar-refractivity contribution in [1.82, 2.24) is 14.8 Å². The molecule has 1 aliphatic heterocycles. The zero-order valence-electron chi connectivity index (χ0n) is 14.5. The van der Waals surface area contributed by atoms with E-state index in [1.807, 2.05) is 12.3 Å². The highest BCUT2D eigenvalue weighted by atomic mass is 16.1. The number of piperidine rings is 1. The van der Waals surface area contributed by atoms with Crippen LogP contribution in [0.4, 0.5) is 0 Å². The Hall–Kier alpha value is -1.78. The number of nitrogens with one attached hydrogen (secondary N) is 1. The van der Waals surface area contributed by atoms with Crippen LogP contribution in [-0.2, 0) is 6.54 Å². The second kappa shape index (κ2) is 9.38. The molecule has 5 nitrogen and oxygen atoms in total. The molecule has 5 heteroatoms. The third-order valence-corrected chi connectivity index (χ3v) is 4.39. The fourth-order valence-electron chi connectivity index (χ4n) is 2.87. The van der Waals surface area contributed by atoms with Crippen molar-refractivity contribution in [2.75, 3.05) is 26.2 Å². The van der Waals surface area contributed by atoms with Gasteiger partial charge in [-0.25, -0.2) is 0 Å². The van der Waals surface area contributed by atoms with Crippen LogP contribution in [0, 0.1) is 5.92 Å². The van der Waals surface area contributed by atoms with Crippen LogP contribution in [0.3, 0.4) is 0 Å². The topological polar surface area (TPSA) is 49.6 Å². The number of likely N-dealkylation sites (tertiary alicyclic amines) is 1. The van der Waals surface area contributed by atoms with E-state index in [1.165, 1.54) is 12.8 Å². The molecule has 0 saturated carbocycles. The van der Waals surface area contributed by atoms with Gasteiger partial charge in [-0.05, 0) is 44.6 Å². The Bertz CT molecular complexity index is 544. The summed E-state index contributed by atoms with van der Waals surface area (Å²) in [6.07, 6.45) is 6.33. The van der Waals surface area contributed by atoms with Crippen molar-refractivity contribution < 1.29 is 0 Å². The maximum Gasteiger partial charge on any atom is 0.250 e. The minimum Gasteiger partial charge on any atom is -0.357 e. The molecule has 2 heterocycles. The Morgan fingerprint density at radius 1 is 1.30 bits per heavy atom. The van der Waals surface area contributed by atoms with Gasteiger partial charge in [0.05, 0.1) is 0 Å². The van der Waals surface area contributed by atoms with Crippen molar-refractivity contribution in [2.45, 2.75) is 46.1 Å². The van der Waals surface area contributed by atoms with Gasteiger partial charge in [0.15, 0.2) is 5.96 Å². The Morgan fingerprint density at radius 3 is 2.78 bits per heavy atom. The van der Waals surface area contributed by atoms with Crippen LogP contribution in [0.1, 0.15) is 39.5 Å². The molecule has 0 radical (unpaired) electrons. The first kappa shape index (κ1) is 17.6. The molecular weight excluding hydrogens is 288 g/mol. The van der Waals surface area contributed by atoms with Gasteiger partial charge in [0.1, 0.15) is 0 Å². The molecule has 23 heavy (non-hydrogen) atoms. The molecule has 128 valence electrons. The molecule has 0 aromatic carbocycles.